The molecule has 0 aliphatic carbocycles. The highest BCUT2D eigenvalue weighted by atomic mass is 16.5. The molecule has 1 atom stereocenters. The predicted molar refractivity (Wildman–Crippen MR) is 91.6 cm³/mol. The number of aliphatic imine (C=N–C) groups is 1. The van der Waals surface area contributed by atoms with E-state index in [0.29, 0.717) is 19.0 Å². The molecule has 0 spiro atoms. The fraction of sp³-hybridized carbons (Fsp3) is 0.875. The minimum Gasteiger partial charge on any atom is -0.379 e. The number of amides is 1. The number of hydrogen-bond donors (Lipinski definition) is 2. The third kappa shape index (κ3) is 5.66. The second-order valence-corrected chi connectivity index (χ2v) is 6.48. The van der Waals surface area contributed by atoms with Gasteiger partial charge in [0.1, 0.15) is 0 Å². The molecule has 2 N–H and O–H groups in total. The van der Waals surface area contributed by atoms with Crippen LogP contribution in [0, 0.1) is 0 Å². The highest BCUT2D eigenvalue weighted by molar-refractivity contribution is 5.81. The summed E-state index contributed by atoms with van der Waals surface area (Å²) in [4.78, 5) is 20.9. The third-order valence-electron chi connectivity index (χ3n) is 4.32. The van der Waals surface area contributed by atoms with Gasteiger partial charge in [0.05, 0.1) is 13.2 Å². The van der Waals surface area contributed by atoms with Gasteiger partial charge in [-0.05, 0) is 20.3 Å². The summed E-state index contributed by atoms with van der Waals surface area (Å²) < 4.78 is 5.43. The number of carbonyl (C=O) groups excluding carboxylic acids is 1. The number of rotatable bonds is 5. The Morgan fingerprint density at radius 2 is 2.04 bits per heavy atom. The molecule has 1 amide bonds. The molecule has 0 aromatic heterocycles. The van der Waals surface area contributed by atoms with Crippen LogP contribution < -0.4 is 10.6 Å². The Balaban J connectivity index is 1.73. The molecular weight excluding hydrogens is 294 g/mol. The summed E-state index contributed by atoms with van der Waals surface area (Å²) >= 11 is 0. The smallest absolute Gasteiger partial charge is 0.221 e. The van der Waals surface area contributed by atoms with Crippen LogP contribution in [0.5, 0.6) is 0 Å². The lowest BCUT2D eigenvalue weighted by atomic mass is 10.2. The fourth-order valence-corrected chi connectivity index (χ4v) is 3.19. The van der Waals surface area contributed by atoms with E-state index in [1.807, 2.05) is 13.8 Å². The van der Waals surface area contributed by atoms with Crippen LogP contribution in [0.25, 0.3) is 0 Å². The van der Waals surface area contributed by atoms with Crippen molar-refractivity contribution in [2.45, 2.75) is 38.8 Å². The van der Waals surface area contributed by atoms with Gasteiger partial charge in [0.2, 0.25) is 5.91 Å². The average Bonchev–Trinajstić information content (AvgIpc) is 3.01. The number of nitrogens with zero attached hydrogens (tertiary/aromatic N) is 3. The Morgan fingerprint density at radius 3 is 2.70 bits per heavy atom. The van der Waals surface area contributed by atoms with Crippen LogP contribution in [-0.4, -0.2) is 86.7 Å². The highest BCUT2D eigenvalue weighted by Gasteiger charge is 2.30. The van der Waals surface area contributed by atoms with E-state index >= 15 is 0 Å². The molecule has 2 heterocycles. The van der Waals surface area contributed by atoms with E-state index in [1.165, 1.54) is 0 Å². The van der Waals surface area contributed by atoms with Crippen LogP contribution >= 0.6 is 0 Å². The summed E-state index contributed by atoms with van der Waals surface area (Å²) in [6.07, 6.45) is 1.63. The van der Waals surface area contributed by atoms with E-state index in [9.17, 15) is 4.79 Å². The third-order valence-corrected chi connectivity index (χ3v) is 4.32. The van der Waals surface area contributed by atoms with Crippen molar-refractivity contribution < 1.29 is 9.53 Å². The molecule has 7 nitrogen and oxygen atoms in total. The predicted octanol–water partition coefficient (Wildman–Crippen LogP) is -0.117. The second kappa shape index (κ2) is 9.08. The lowest BCUT2D eigenvalue weighted by molar-refractivity contribution is -0.121. The summed E-state index contributed by atoms with van der Waals surface area (Å²) in [7, 11) is 1.80. The fourth-order valence-electron chi connectivity index (χ4n) is 3.19. The van der Waals surface area contributed by atoms with Gasteiger partial charge in [-0.1, -0.05) is 0 Å². The van der Waals surface area contributed by atoms with E-state index in [-0.39, 0.29) is 11.9 Å². The molecule has 1 unspecified atom stereocenters. The molecule has 0 saturated carbocycles. The molecule has 2 fully saturated rings. The molecule has 23 heavy (non-hydrogen) atoms. The Morgan fingerprint density at radius 1 is 1.30 bits per heavy atom. The normalized spacial score (nSPS) is 23.4. The van der Waals surface area contributed by atoms with Gasteiger partial charge >= 0.3 is 0 Å². The van der Waals surface area contributed by atoms with Gasteiger partial charge < -0.3 is 20.3 Å². The highest BCUT2D eigenvalue weighted by Crippen LogP contribution is 2.16. The Kier molecular flexibility index (Phi) is 7.11. The molecule has 0 radical (unpaired) electrons. The van der Waals surface area contributed by atoms with Crippen LogP contribution in [0.15, 0.2) is 4.99 Å². The van der Waals surface area contributed by atoms with Gasteiger partial charge in [0.15, 0.2) is 5.96 Å². The zero-order chi connectivity index (χ0) is 16.7. The largest absolute Gasteiger partial charge is 0.379 e. The molecular formula is C16H31N5O2. The maximum absolute atomic E-state index is 11.7. The SMILES string of the molecule is CN=C(NCCC(=O)NC(C)C)N1CCC(N2CCOCC2)C1. The van der Waals surface area contributed by atoms with E-state index in [2.05, 4.69) is 25.4 Å². The van der Waals surface area contributed by atoms with E-state index in [0.717, 1.165) is 51.8 Å². The molecule has 2 rings (SSSR count). The van der Waals surface area contributed by atoms with Crippen molar-refractivity contribution in [1.29, 1.82) is 0 Å². The standard InChI is InChI=1S/C16H31N5O2/c1-13(2)19-15(22)4-6-18-16(17-3)21-7-5-14(12-21)20-8-10-23-11-9-20/h13-14H,4-12H2,1-3H3,(H,17,18)(H,19,22). The number of ether oxygens (including phenoxy) is 1. The average molecular weight is 325 g/mol. The van der Waals surface area contributed by atoms with E-state index in [4.69, 9.17) is 4.74 Å². The minimum absolute atomic E-state index is 0.0792. The van der Waals surface area contributed by atoms with Crippen molar-refractivity contribution in [3.63, 3.8) is 0 Å². The molecule has 0 bridgehead atoms. The van der Waals surface area contributed by atoms with Crippen molar-refractivity contribution >= 4 is 11.9 Å². The van der Waals surface area contributed by atoms with Crippen molar-refractivity contribution in [2.24, 2.45) is 4.99 Å². The summed E-state index contributed by atoms with van der Waals surface area (Å²) in [6, 6.07) is 0.774. The van der Waals surface area contributed by atoms with Crippen LogP contribution in [-0.2, 0) is 9.53 Å². The lowest BCUT2D eigenvalue weighted by Crippen LogP contribution is -2.47. The van der Waals surface area contributed by atoms with Crippen molar-refractivity contribution in [3.8, 4) is 0 Å². The van der Waals surface area contributed by atoms with Crippen LogP contribution in [0.2, 0.25) is 0 Å². The van der Waals surface area contributed by atoms with Gasteiger partial charge in [0, 0.05) is 58.3 Å². The van der Waals surface area contributed by atoms with E-state index < -0.39 is 0 Å². The maximum Gasteiger partial charge on any atom is 0.221 e. The first-order valence-electron chi connectivity index (χ1n) is 8.67. The van der Waals surface area contributed by atoms with Gasteiger partial charge in [0.25, 0.3) is 0 Å². The maximum atomic E-state index is 11.7. The van der Waals surface area contributed by atoms with Gasteiger partial charge in [-0.15, -0.1) is 0 Å². The molecule has 0 aromatic rings. The molecule has 132 valence electrons. The number of guanidine groups is 1. The summed E-state index contributed by atoms with van der Waals surface area (Å²) in [5.74, 6) is 0.980. The van der Waals surface area contributed by atoms with Crippen LogP contribution in [0.4, 0.5) is 0 Å². The summed E-state index contributed by atoms with van der Waals surface area (Å²) in [5.41, 5.74) is 0. The molecule has 0 aromatic carbocycles. The summed E-state index contributed by atoms with van der Waals surface area (Å²) in [6.45, 7) is 10.3. The zero-order valence-corrected chi connectivity index (χ0v) is 14.7. The Hall–Kier alpha value is -1.34. The molecule has 2 aliphatic rings. The Labute approximate surface area is 139 Å². The summed E-state index contributed by atoms with van der Waals surface area (Å²) in [5, 5.41) is 6.21. The van der Waals surface area contributed by atoms with Gasteiger partial charge in [-0.3, -0.25) is 14.7 Å². The van der Waals surface area contributed by atoms with Crippen molar-refractivity contribution in [2.75, 3.05) is 53.0 Å². The first kappa shape index (κ1) is 18.0. The molecule has 7 heteroatoms. The number of nitrogens with one attached hydrogen (secondary N) is 2. The number of likely N-dealkylation sites (tertiary alicyclic amines) is 1. The number of carbonyl (C=O) groups is 1. The first-order valence-corrected chi connectivity index (χ1v) is 8.67. The number of morpholine rings is 1. The number of hydrogen-bond acceptors (Lipinski definition) is 4. The minimum atomic E-state index is 0.0792. The van der Waals surface area contributed by atoms with Crippen molar-refractivity contribution in [3.05, 3.63) is 0 Å². The first-order chi connectivity index (χ1) is 11.1. The van der Waals surface area contributed by atoms with E-state index in [1.54, 1.807) is 7.05 Å². The lowest BCUT2D eigenvalue weighted by Gasteiger charge is -2.32. The molecule has 2 saturated heterocycles. The van der Waals surface area contributed by atoms with Crippen molar-refractivity contribution in [1.82, 2.24) is 20.4 Å². The molecule has 2 aliphatic heterocycles. The second-order valence-electron chi connectivity index (χ2n) is 6.48. The van der Waals surface area contributed by atoms with Crippen LogP contribution in [0.1, 0.15) is 26.7 Å². The topological polar surface area (TPSA) is 69.2 Å². The quantitative estimate of drug-likeness (QED) is 0.545. The Bertz CT molecular complexity index is 407. The van der Waals surface area contributed by atoms with Gasteiger partial charge in [-0.2, -0.15) is 0 Å². The van der Waals surface area contributed by atoms with Gasteiger partial charge in [-0.25, -0.2) is 0 Å². The monoisotopic (exact) mass is 325 g/mol. The van der Waals surface area contributed by atoms with Crippen LogP contribution in [0.3, 0.4) is 0 Å². The zero-order valence-electron chi connectivity index (χ0n) is 14.7.